The molecule has 2 aromatic heterocycles. The Labute approximate surface area is 139 Å². The van der Waals surface area contributed by atoms with Crippen molar-refractivity contribution in [3.8, 4) is 11.4 Å². The van der Waals surface area contributed by atoms with Gasteiger partial charge in [0, 0.05) is 30.9 Å². The molecule has 1 atom stereocenters. The molecule has 1 aromatic carbocycles. The molecule has 0 bridgehead atoms. The Hall–Kier alpha value is -2.54. The highest BCUT2D eigenvalue weighted by Crippen LogP contribution is 2.23. The minimum absolute atomic E-state index is 0.249. The molecule has 3 heterocycles. The molecule has 1 saturated heterocycles. The fourth-order valence-corrected chi connectivity index (χ4v) is 2.75. The van der Waals surface area contributed by atoms with E-state index in [1.54, 1.807) is 0 Å². The minimum Gasteiger partial charge on any atom is -0.381 e. The lowest BCUT2D eigenvalue weighted by Crippen LogP contribution is -2.00. The van der Waals surface area contributed by atoms with Crippen LogP contribution in [-0.2, 0) is 17.6 Å². The highest BCUT2D eigenvalue weighted by molar-refractivity contribution is 5.55. The standard InChI is InChI=1S/C17H18N4O3/c1-11-3-2-4-12(9-11)16-18-14(23-20-16)5-6-15-19-17(21-24-15)13-7-8-22-10-13/h2-4,9,13H,5-8,10H2,1H3. The predicted octanol–water partition coefficient (Wildman–Crippen LogP) is 2.72. The van der Waals surface area contributed by atoms with Crippen molar-refractivity contribution in [1.29, 1.82) is 0 Å². The van der Waals surface area contributed by atoms with Crippen LogP contribution in [0.2, 0.25) is 0 Å². The quantitative estimate of drug-likeness (QED) is 0.712. The number of hydrogen-bond acceptors (Lipinski definition) is 7. The second-order valence-corrected chi connectivity index (χ2v) is 5.99. The molecule has 0 radical (unpaired) electrons. The molecule has 24 heavy (non-hydrogen) atoms. The van der Waals surface area contributed by atoms with Crippen molar-refractivity contribution < 1.29 is 13.8 Å². The van der Waals surface area contributed by atoms with Gasteiger partial charge in [0.05, 0.1) is 6.61 Å². The van der Waals surface area contributed by atoms with Gasteiger partial charge >= 0.3 is 0 Å². The fourth-order valence-electron chi connectivity index (χ4n) is 2.75. The molecule has 3 aromatic rings. The summed E-state index contributed by atoms with van der Waals surface area (Å²) in [7, 11) is 0. The Balaban J connectivity index is 1.40. The molecule has 1 fully saturated rings. The Morgan fingerprint density at radius 1 is 1.08 bits per heavy atom. The summed E-state index contributed by atoms with van der Waals surface area (Å²) >= 11 is 0. The zero-order valence-electron chi connectivity index (χ0n) is 13.4. The first-order valence-corrected chi connectivity index (χ1v) is 8.08. The van der Waals surface area contributed by atoms with Crippen molar-refractivity contribution in [2.45, 2.75) is 32.1 Å². The first kappa shape index (κ1) is 15.0. The van der Waals surface area contributed by atoms with Crippen LogP contribution >= 0.6 is 0 Å². The highest BCUT2D eigenvalue weighted by Gasteiger charge is 2.23. The first-order chi connectivity index (χ1) is 11.8. The maximum Gasteiger partial charge on any atom is 0.227 e. The second-order valence-electron chi connectivity index (χ2n) is 5.99. The van der Waals surface area contributed by atoms with Gasteiger partial charge in [-0.2, -0.15) is 9.97 Å². The summed E-state index contributed by atoms with van der Waals surface area (Å²) in [6, 6.07) is 8.01. The molecule has 7 heteroatoms. The van der Waals surface area contributed by atoms with Crippen LogP contribution in [0.4, 0.5) is 0 Å². The average molecular weight is 326 g/mol. The Morgan fingerprint density at radius 2 is 1.92 bits per heavy atom. The summed E-state index contributed by atoms with van der Waals surface area (Å²) in [6.07, 6.45) is 2.10. The van der Waals surface area contributed by atoms with Crippen LogP contribution in [0.5, 0.6) is 0 Å². The number of aromatic nitrogens is 4. The molecule has 0 amide bonds. The van der Waals surface area contributed by atoms with E-state index in [0.29, 0.717) is 37.1 Å². The van der Waals surface area contributed by atoms with E-state index in [2.05, 4.69) is 20.3 Å². The fraction of sp³-hybridized carbons (Fsp3) is 0.412. The summed E-state index contributed by atoms with van der Waals surface area (Å²) in [6.45, 7) is 3.47. The third-order valence-electron chi connectivity index (χ3n) is 4.08. The average Bonchev–Trinajstić information content (AvgIpc) is 3.33. The minimum atomic E-state index is 0.249. The Morgan fingerprint density at radius 3 is 2.71 bits per heavy atom. The smallest absolute Gasteiger partial charge is 0.227 e. The Kier molecular flexibility index (Phi) is 4.08. The van der Waals surface area contributed by atoms with Crippen molar-refractivity contribution in [2.75, 3.05) is 13.2 Å². The number of rotatable bonds is 5. The SMILES string of the molecule is Cc1cccc(-c2noc(CCc3nc(C4CCOC4)no3)n2)c1. The molecule has 0 saturated carbocycles. The largest absolute Gasteiger partial charge is 0.381 e. The monoisotopic (exact) mass is 326 g/mol. The van der Waals surface area contributed by atoms with Crippen LogP contribution in [0.3, 0.4) is 0 Å². The van der Waals surface area contributed by atoms with E-state index < -0.39 is 0 Å². The second kappa shape index (κ2) is 6.52. The first-order valence-electron chi connectivity index (χ1n) is 8.08. The zero-order valence-corrected chi connectivity index (χ0v) is 13.4. The molecular weight excluding hydrogens is 308 g/mol. The van der Waals surface area contributed by atoms with Gasteiger partial charge in [-0.1, -0.05) is 34.1 Å². The lowest BCUT2D eigenvalue weighted by atomic mass is 10.1. The number of aryl methyl sites for hydroxylation is 3. The van der Waals surface area contributed by atoms with Crippen molar-refractivity contribution >= 4 is 0 Å². The van der Waals surface area contributed by atoms with Crippen LogP contribution in [0.1, 0.15) is 35.5 Å². The third-order valence-corrected chi connectivity index (χ3v) is 4.08. The number of nitrogens with zero attached hydrogens (tertiary/aromatic N) is 4. The summed E-state index contributed by atoms with van der Waals surface area (Å²) < 4.78 is 16.0. The van der Waals surface area contributed by atoms with E-state index in [-0.39, 0.29) is 5.92 Å². The maximum absolute atomic E-state index is 5.35. The van der Waals surface area contributed by atoms with E-state index in [1.165, 1.54) is 0 Å². The van der Waals surface area contributed by atoms with Gasteiger partial charge in [-0.15, -0.1) is 0 Å². The van der Waals surface area contributed by atoms with Gasteiger partial charge in [0.1, 0.15) is 0 Å². The van der Waals surface area contributed by atoms with Crippen LogP contribution < -0.4 is 0 Å². The molecule has 1 aliphatic heterocycles. The summed E-state index contributed by atoms with van der Waals surface area (Å²) in [5, 5.41) is 8.08. The van der Waals surface area contributed by atoms with E-state index in [1.807, 2.05) is 31.2 Å². The van der Waals surface area contributed by atoms with E-state index in [4.69, 9.17) is 13.8 Å². The topological polar surface area (TPSA) is 87.1 Å². The van der Waals surface area contributed by atoms with Gasteiger partial charge in [-0.25, -0.2) is 0 Å². The lowest BCUT2D eigenvalue weighted by molar-refractivity contribution is 0.192. The van der Waals surface area contributed by atoms with Crippen LogP contribution in [0.25, 0.3) is 11.4 Å². The van der Waals surface area contributed by atoms with E-state index >= 15 is 0 Å². The predicted molar refractivity (Wildman–Crippen MR) is 84.4 cm³/mol. The molecule has 0 spiro atoms. The van der Waals surface area contributed by atoms with Crippen molar-refractivity contribution in [3.05, 3.63) is 47.4 Å². The molecule has 4 rings (SSSR count). The highest BCUT2D eigenvalue weighted by atomic mass is 16.5. The molecule has 1 aliphatic rings. The van der Waals surface area contributed by atoms with Crippen molar-refractivity contribution in [3.63, 3.8) is 0 Å². The summed E-state index contributed by atoms with van der Waals surface area (Å²) in [5.41, 5.74) is 2.11. The third kappa shape index (κ3) is 3.21. The van der Waals surface area contributed by atoms with Crippen LogP contribution in [0.15, 0.2) is 33.3 Å². The van der Waals surface area contributed by atoms with Gasteiger partial charge in [0.25, 0.3) is 0 Å². The van der Waals surface area contributed by atoms with Gasteiger partial charge in [0.15, 0.2) is 5.82 Å². The lowest BCUT2D eigenvalue weighted by Gasteiger charge is -1.97. The molecule has 1 unspecified atom stereocenters. The van der Waals surface area contributed by atoms with Crippen LogP contribution in [0, 0.1) is 6.92 Å². The normalized spacial score (nSPS) is 17.5. The van der Waals surface area contributed by atoms with Gasteiger partial charge in [-0.05, 0) is 19.4 Å². The van der Waals surface area contributed by atoms with Crippen molar-refractivity contribution in [2.24, 2.45) is 0 Å². The molecule has 0 aliphatic carbocycles. The molecule has 124 valence electrons. The van der Waals surface area contributed by atoms with Gasteiger partial charge in [-0.3, -0.25) is 0 Å². The summed E-state index contributed by atoms with van der Waals surface area (Å²) in [4.78, 5) is 8.87. The van der Waals surface area contributed by atoms with Crippen molar-refractivity contribution in [1.82, 2.24) is 20.3 Å². The number of ether oxygens (including phenoxy) is 1. The number of benzene rings is 1. The van der Waals surface area contributed by atoms with E-state index in [9.17, 15) is 0 Å². The molecule has 0 N–H and O–H groups in total. The zero-order chi connectivity index (χ0) is 16.4. The van der Waals surface area contributed by atoms with Crippen LogP contribution in [-0.4, -0.2) is 33.5 Å². The van der Waals surface area contributed by atoms with E-state index in [0.717, 1.165) is 30.0 Å². The van der Waals surface area contributed by atoms with Gasteiger partial charge < -0.3 is 13.8 Å². The molecule has 7 nitrogen and oxygen atoms in total. The number of hydrogen-bond donors (Lipinski definition) is 0. The van der Waals surface area contributed by atoms with Gasteiger partial charge in [0.2, 0.25) is 17.6 Å². The maximum atomic E-state index is 5.35. The summed E-state index contributed by atoms with van der Waals surface area (Å²) in [5.74, 6) is 2.73. The molecular formula is C17H18N4O3. The Bertz CT molecular complexity index is 821.